The van der Waals surface area contributed by atoms with Gasteiger partial charge in [-0.3, -0.25) is 0 Å². The van der Waals surface area contributed by atoms with Gasteiger partial charge in [0.1, 0.15) is 0 Å². The highest BCUT2D eigenvalue weighted by atomic mass is 28.3. The lowest BCUT2D eigenvalue weighted by atomic mass is 9.89. The maximum Gasteiger partial charge on any atom is 0.0980 e. The average Bonchev–Trinajstić information content (AvgIpc) is 2.85. The third-order valence-electron chi connectivity index (χ3n) is 5.92. The van der Waals surface area contributed by atoms with Gasteiger partial charge in [-0.25, -0.2) is 0 Å². The van der Waals surface area contributed by atoms with E-state index in [1.807, 2.05) is 5.20 Å². The van der Waals surface area contributed by atoms with Gasteiger partial charge in [0, 0.05) is 0 Å². The van der Waals surface area contributed by atoms with Gasteiger partial charge in [0.25, 0.3) is 0 Å². The molecule has 1 aliphatic carbocycles. The molecule has 19 heavy (non-hydrogen) atoms. The second-order valence-electron chi connectivity index (χ2n) is 9.05. The first-order chi connectivity index (χ1) is 8.62. The minimum Gasteiger partial charge on any atom is -0.0860 e. The Morgan fingerprint density at radius 3 is 1.74 bits per heavy atom. The summed E-state index contributed by atoms with van der Waals surface area (Å²) in [7, 11) is -1.31. The van der Waals surface area contributed by atoms with Crippen LogP contribution in [-0.2, 0) is 0 Å². The molecule has 0 aromatic rings. The zero-order valence-electron chi connectivity index (χ0n) is 14.3. The van der Waals surface area contributed by atoms with Crippen molar-refractivity contribution in [1.29, 1.82) is 0 Å². The van der Waals surface area contributed by atoms with Gasteiger partial charge in [-0.2, -0.15) is 0 Å². The molecule has 1 heterocycles. The second-order valence-corrected chi connectivity index (χ2v) is 15.1. The van der Waals surface area contributed by atoms with Gasteiger partial charge in [0.05, 0.1) is 8.07 Å². The molecule has 2 rings (SSSR count). The van der Waals surface area contributed by atoms with Crippen LogP contribution in [0.2, 0.25) is 15.6 Å². The van der Waals surface area contributed by atoms with E-state index in [9.17, 15) is 0 Å². The molecule has 2 fully saturated rings. The number of hydrogen-bond donors (Lipinski definition) is 0. The quantitative estimate of drug-likeness (QED) is 0.481. The fourth-order valence-corrected chi connectivity index (χ4v) is 14.3. The van der Waals surface area contributed by atoms with Crippen molar-refractivity contribution >= 4 is 8.07 Å². The Bertz CT molecular complexity index is 344. The molecule has 0 aromatic carbocycles. The normalized spacial score (nSPS) is 30.7. The van der Waals surface area contributed by atoms with E-state index in [0.29, 0.717) is 10.1 Å². The van der Waals surface area contributed by atoms with E-state index in [-0.39, 0.29) is 0 Å². The van der Waals surface area contributed by atoms with Crippen molar-refractivity contribution in [2.45, 2.75) is 96.2 Å². The Morgan fingerprint density at radius 2 is 1.37 bits per heavy atom. The lowest BCUT2D eigenvalue weighted by molar-refractivity contribution is 0.419. The molecule has 0 bridgehead atoms. The van der Waals surface area contributed by atoms with Crippen LogP contribution < -0.4 is 0 Å². The van der Waals surface area contributed by atoms with Gasteiger partial charge in [-0.1, -0.05) is 79.0 Å². The summed E-state index contributed by atoms with van der Waals surface area (Å²) in [5, 5.41) is 2.93. The van der Waals surface area contributed by atoms with Crippen LogP contribution in [0, 0.1) is 5.92 Å². The molecule has 2 aliphatic rings. The fourth-order valence-electron chi connectivity index (χ4n) is 5.63. The van der Waals surface area contributed by atoms with Crippen molar-refractivity contribution < 1.29 is 0 Å². The zero-order chi connectivity index (χ0) is 14.5. The SMILES string of the molecule is C[C@@H]1/C(=C\C2CCCCC2)[Si]1(C(C)(C)C)C(C)(C)C. The standard InChI is InChI=1S/C18H34Si/c1-14-16(13-15-11-9-8-10-12-15)19(14,17(2,3)4)18(5,6)7/h13-15H,8-12H2,1-7H3/b16-13+/t14-/m1/s1. The zero-order valence-corrected chi connectivity index (χ0v) is 15.3. The van der Waals surface area contributed by atoms with E-state index >= 15 is 0 Å². The molecule has 0 amide bonds. The van der Waals surface area contributed by atoms with E-state index in [2.05, 4.69) is 54.5 Å². The summed E-state index contributed by atoms with van der Waals surface area (Å²) < 4.78 is 0. The predicted octanol–water partition coefficient (Wildman–Crippen LogP) is 6.49. The molecule has 0 spiro atoms. The summed E-state index contributed by atoms with van der Waals surface area (Å²) in [5.41, 5.74) is 0.912. The smallest absolute Gasteiger partial charge is 0.0860 e. The molecule has 0 nitrogen and oxygen atoms in total. The van der Waals surface area contributed by atoms with E-state index in [1.165, 1.54) is 32.1 Å². The minimum atomic E-state index is -1.31. The molecule has 110 valence electrons. The summed E-state index contributed by atoms with van der Waals surface area (Å²) in [6.45, 7) is 17.5. The largest absolute Gasteiger partial charge is 0.0980 e. The van der Waals surface area contributed by atoms with Gasteiger partial charge >= 0.3 is 0 Å². The molecule has 1 aliphatic heterocycles. The molecule has 1 saturated heterocycles. The molecule has 1 saturated carbocycles. The Balaban J connectivity index is 2.30. The third kappa shape index (κ3) is 2.37. The highest BCUT2D eigenvalue weighted by Crippen LogP contribution is 2.74. The Hall–Kier alpha value is -0.0431. The first-order valence-electron chi connectivity index (χ1n) is 8.34. The lowest BCUT2D eigenvalue weighted by Crippen LogP contribution is -2.39. The van der Waals surface area contributed by atoms with Gasteiger partial charge in [-0.15, -0.1) is 0 Å². The van der Waals surface area contributed by atoms with Crippen LogP contribution in [-0.4, -0.2) is 8.07 Å². The van der Waals surface area contributed by atoms with Crippen LogP contribution in [0.15, 0.2) is 11.3 Å². The van der Waals surface area contributed by atoms with Gasteiger partial charge in [0.15, 0.2) is 0 Å². The van der Waals surface area contributed by atoms with Crippen LogP contribution >= 0.6 is 0 Å². The monoisotopic (exact) mass is 278 g/mol. The van der Waals surface area contributed by atoms with Crippen LogP contribution in [0.3, 0.4) is 0 Å². The Kier molecular flexibility index (Phi) is 3.84. The highest BCUT2D eigenvalue weighted by molar-refractivity contribution is 7.04. The van der Waals surface area contributed by atoms with E-state index in [4.69, 9.17) is 0 Å². The predicted molar refractivity (Wildman–Crippen MR) is 89.3 cm³/mol. The Morgan fingerprint density at radius 1 is 0.895 bits per heavy atom. The van der Waals surface area contributed by atoms with Gasteiger partial charge in [0.2, 0.25) is 0 Å². The summed E-state index contributed by atoms with van der Waals surface area (Å²) in [5.74, 6) is 0.908. The number of allylic oxidation sites excluding steroid dienone is 2. The highest BCUT2D eigenvalue weighted by Gasteiger charge is 2.70. The third-order valence-corrected chi connectivity index (χ3v) is 13.5. The van der Waals surface area contributed by atoms with Gasteiger partial charge in [-0.05, 0) is 34.4 Å². The summed E-state index contributed by atoms with van der Waals surface area (Å²) in [6, 6.07) is 0. The maximum atomic E-state index is 2.76. The van der Waals surface area contributed by atoms with E-state index < -0.39 is 8.07 Å². The van der Waals surface area contributed by atoms with Crippen molar-refractivity contribution in [3.8, 4) is 0 Å². The summed E-state index contributed by atoms with van der Waals surface area (Å²) in [4.78, 5) is 0. The van der Waals surface area contributed by atoms with Crippen molar-refractivity contribution in [2.75, 3.05) is 0 Å². The molecule has 1 heteroatoms. The lowest BCUT2D eigenvalue weighted by Gasteiger charge is -2.41. The second kappa shape index (κ2) is 4.75. The average molecular weight is 279 g/mol. The molecule has 1 atom stereocenters. The van der Waals surface area contributed by atoms with Crippen LogP contribution in [0.5, 0.6) is 0 Å². The van der Waals surface area contributed by atoms with Crippen molar-refractivity contribution in [3.05, 3.63) is 11.3 Å². The minimum absolute atomic E-state index is 0.505. The molecular weight excluding hydrogens is 244 g/mol. The fraction of sp³-hybridized carbons (Fsp3) is 0.889. The number of rotatable bonds is 1. The Labute approximate surface area is 122 Å². The molecule has 0 N–H and O–H groups in total. The van der Waals surface area contributed by atoms with Crippen molar-refractivity contribution in [3.63, 3.8) is 0 Å². The maximum absolute atomic E-state index is 2.76. The molecule has 0 unspecified atom stereocenters. The van der Waals surface area contributed by atoms with Crippen molar-refractivity contribution in [1.82, 2.24) is 0 Å². The molecule has 0 radical (unpaired) electrons. The van der Waals surface area contributed by atoms with Crippen molar-refractivity contribution in [2.24, 2.45) is 5.92 Å². The summed E-state index contributed by atoms with van der Waals surface area (Å²) >= 11 is 0. The topological polar surface area (TPSA) is 0 Å². The van der Waals surface area contributed by atoms with Crippen LogP contribution in [0.4, 0.5) is 0 Å². The first kappa shape index (κ1) is 15.3. The van der Waals surface area contributed by atoms with Gasteiger partial charge < -0.3 is 0 Å². The van der Waals surface area contributed by atoms with Crippen LogP contribution in [0.25, 0.3) is 0 Å². The number of hydrogen-bond acceptors (Lipinski definition) is 0. The van der Waals surface area contributed by atoms with E-state index in [0.717, 1.165) is 11.5 Å². The van der Waals surface area contributed by atoms with Crippen LogP contribution in [0.1, 0.15) is 80.6 Å². The molecular formula is C18H34Si. The molecule has 0 aromatic heterocycles. The summed E-state index contributed by atoms with van der Waals surface area (Å²) in [6.07, 6.45) is 10.1. The first-order valence-corrected chi connectivity index (χ1v) is 10.4. The van der Waals surface area contributed by atoms with E-state index in [1.54, 1.807) is 0 Å².